The zero-order valence-electron chi connectivity index (χ0n) is 9.85. The number of hydrogen-bond acceptors (Lipinski definition) is 6. The summed E-state index contributed by atoms with van der Waals surface area (Å²) >= 11 is 1.16. The molecule has 94 valence electrons. The lowest BCUT2D eigenvalue weighted by Gasteiger charge is -2.20. The zero-order chi connectivity index (χ0) is 12.1. The van der Waals surface area contributed by atoms with E-state index in [0.717, 1.165) is 24.2 Å². The molecule has 0 atom stereocenters. The summed E-state index contributed by atoms with van der Waals surface area (Å²) in [5.74, 6) is -0.427. The van der Waals surface area contributed by atoms with E-state index in [4.69, 9.17) is 9.47 Å². The van der Waals surface area contributed by atoms with E-state index in [1.165, 1.54) is 19.3 Å². The predicted molar refractivity (Wildman–Crippen MR) is 63.4 cm³/mol. The molecule has 2 rings (SSSR count). The molecule has 5 nitrogen and oxygen atoms in total. The van der Waals surface area contributed by atoms with E-state index in [0.29, 0.717) is 11.8 Å². The van der Waals surface area contributed by atoms with Crippen LogP contribution in [0.4, 0.5) is 0 Å². The average molecular weight is 256 g/mol. The highest BCUT2D eigenvalue weighted by Gasteiger charge is 2.19. The second-order valence-corrected chi connectivity index (χ2v) is 4.91. The molecule has 1 aromatic heterocycles. The minimum absolute atomic E-state index is 0.228. The summed E-state index contributed by atoms with van der Waals surface area (Å²) in [6.07, 6.45) is 6.04. The summed E-state index contributed by atoms with van der Waals surface area (Å²) < 4.78 is 10.5. The third kappa shape index (κ3) is 3.39. The fourth-order valence-corrected chi connectivity index (χ4v) is 2.51. The molecule has 0 bridgehead atoms. The third-order valence-electron chi connectivity index (χ3n) is 2.68. The van der Waals surface area contributed by atoms with Crippen molar-refractivity contribution in [2.75, 3.05) is 6.61 Å². The van der Waals surface area contributed by atoms with Gasteiger partial charge in [0.2, 0.25) is 5.01 Å². The Hall–Kier alpha value is -1.17. The Morgan fingerprint density at radius 2 is 2.12 bits per heavy atom. The fourth-order valence-electron chi connectivity index (χ4n) is 1.86. The lowest BCUT2D eigenvalue weighted by Crippen LogP contribution is -2.19. The van der Waals surface area contributed by atoms with E-state index >= 15 is 0 Å². The lowest BCUT2D eigenvalue weighted by molar-refractivity contribution is 0.0525. The maximum Gasteiger partial charge on any atom is 0.369 e. The Morgan fingerprint density at radius 1 is 1.35 bits per heavy atom. The van der Waals surface area contributed by atoms with Crippen molar-refractivity contribution in [2.24, 2.45) is 0 Å². The number of rotatable bonds is 4. The van der Waals surface area contributed by atoms with Gasteiger partial charge >= 0.3 is 5.97 Å². The van der Waals surface area contributed by atoms with Crippen LogP contribution in [-0.4, -0.2) is 28.9 Å². The number of carbonyl (C=O) groups excluding carboxylic acids is 1. The van der Waals surface area contributed by atoms with Gasteiger partial charge in [0.25, 0.3) is 5.19 Å². The minimum Gasteiger partial charge on any atom is -0.466 e. The standard InChI is InChI=1S/C11H16N2O3S/c1-2-15-10(14)9-12-13-11(17-9)16-8-6-4-3-5-7-8/h8H,2-7H2,1H3. The first kappa shape index (κ1) is 12.3. The van der Waals surface area contributed by atoms with Gasteiger partial charge in [0.15, 0.2) is 0 Å². The zero-order valence-corrected chi connectivity index (χ0v) is 10.7. The van der Waals surface area contributed by atoms with Crippen molar-refractivity contribution in [3.63, 3.8) is 0 Å². The van der Waals surface area contributed by atoms with E-state index in [1.54, 1.807) is 6.92 Å². The highest BCUT2D eigenvalue weighted by molar-refractivity contribution is 7.14. The van der Waals surface area contributed by atoms with Crippen LogP contribution < -0.4 is 4.74 Å². The number of nitrogens with zero attached hydrogens (tertiary/aromatic N) is 2. The van der Waals surface area contributed by atoms with Crippen LogP contribution in [-0.2, 0) is 4.74 Å². The van der Waals surface area contributed by atoms with Crippen molar-refractivity contribution in [1.82, 2.24) is 10.2 Å². The van der Waals surface area contributed by atoms with Crippen LogP contribution in [0.3, 0.4) is 0 Å². The molecule has 1 saturated carbocycles. The Kier molecular flexibility index (Phi) is 4.30. The monoisotopic (exact) mass is 256 g/mol. The van der Waals surface area contributed by atoms with Gasteiger partial charge in [-0.1, -0.05) is 11.5 Å². The van der Waals surface area contributed by atoms with Gasteiger partial charge in [-0.2, -0.15) is 0 Å². The van der Waals surface area contributed by atoms with Crippen molar-refractivity contribution >= 4 is 17.3 Å². The van der Waals surface area contributed by atoms with E-state index in [1.807, 2.05) is 0 Å². The summed E-state index contributed by atoms with van der Waals surface area (Å²) in [6.45, 7) is 2.11. The summed E-state index contributed by atoms with van der Waals surface area (Å²) in [6, 6.07) is 0. The van der Waals surface area contributed by atoms with Crippen molar-refractivity contribution in [3.05, 3.63) is 5.01 Å². The summed E-state index contributed by atoms with van der Waals surface area (Å²) in [5.41, 5.74) is 0. The molecule has 0 saturated heterocycles. The molecule has 1 aliphatic carbocycles. The first-order chi connectivity index (χ1) is 8.29. The summed E-state index contributed by atoms with van der Waals surface area (Å²) in [7, 11) is 0. The van der Waals surface area contributed by atoms with Crippen LogP contribution >= 0.6 is 11.3 Å². The van der Waals surface area contributed by atoms with E-state index in [-0.39, 0.29) is 11.1 Å². The van der Waals surface area contributed by atoms with Gasteiger partial charge in [0.05, 0.1) is 6.61 Å². The maximum atomic E-state index is 11.4. The van der Waals surface area contributed by atoms with Crippen LogP contribution in [0.25, 0.3) is 0 Å². The molecular weight excluding hydrogens is 240 g/mol. The molecule has 0 unspecified atom stereocenters. The quantitative estimate of drug-likeness (QED) is 0.774. The molecule has 0 aromatic carbocycles. The maximum absolute atomic E-state index is 11.4. The second-order valence-electron chi connectivity index (χ2n) is 3.97. The van der Waals surface area contributed by atoms with Crippen LogP contribution in [0, 0.1) is 0 Å². The largest absolute Gasteiger partial charge is 0.466 e. The molecule has 1 fully saturated rings. The SMILES string of the molecule is CCOC(=O)c1nnc(OC2CCCCC2)s1. The lowest BCUT2D eigenvalue weighted by atomic mass is 9.98. The third-order valence-corrected chi connectivity index (χ3v) is 3.47. The van der Waals surface area contributed by atoms with Gasteiger partial charge in [-0.25, -0.2) is 4.79 Å². The number of aromatic nitrogens is 2. The topological polar surface area (TPSA) is 61.3 Å². The second kappa shape index (κ2) is 5.95. The van der Waals surface area contributed by atoms with E-state index < -0.39 is 5.97 Å². The summed E-state index contributed by atoms with van der Waals surface area (Å²) in [5, 5.41) is 8.36. The van der Waals surface area contributed by atoms with Gasteiger partial charge in [-0.3, -0.25) is 0 Å². The van der Waals surface area contributed by atoms with Crippen molar-refractivity contribution in [1.29, 1.82) is 0 Å². The van der Waals surface area contributed by atoms with Crippen molar-refractivity contribution in [3.8, 4) is 5.19 Å². The highest BCUT2D eigenvalue weighted by atomic mass is 32.1. The number of ether oxygens (including phenoxy) is 2. The van der Waals surface area contributed by atoms with Gasteiger partial charge < -0.3 is 9.47 Å². The molecule has 0 N–H and O–H groups in total. The molecule has 0 radical (unpaired) electrons. The van der Waals surface area contributed by atoms with E-state index in [2.05, 4.69) is 10.2 Å². The molecule has 1 aliphatic rings. The van der Waals surface area contributed by atoms with E-state index in [9.17, 15) is 4.79 Å². The Balaban J connectivity index is 1.91. The molecular formula is C11H16N2O3S. The first-order valence-corrected chi connectivity index (χ1v) is 6.78. The molecule has 6 heteroatoms. The molecule has 0 aliphatic heterocycles. The van der Waals surface area contributed by atoms with Crippen LogP contribution in [0.15, 0.2) is 0 Å². The predicted octanol–water partition coefficient (Wildman–Crippen LogP) is 2.43. The highest BCUT2D eigenvalue weighted by Crippen LogP contribution is 2.25. The summed E-state index contributed by atoms with van der Waals surface area (Å²) in [4.78, 5) is 11.4. The van der Waals surface area contributed by atoms with Crippen molar-refractivity contribution < 1.29 is 14.3 Å². The van der Waals surface area contributed by atoms with Gasteiger partial charge in [-0.15, -0.1) is 5.10 Å². The van der Waals surface area contributed by atoms with Crippen LogP contribution in [0.5, 0.6) is 5.19 Å². The van der Waals surface area contributed by atoms with Gasteiger partial charge in [-0.05, 0) is 43.9 Å². The minimum atomic E-state index is -0.427. The molecule has 0 spiro atoms. The number of carbonyl (C=O) groups is 1. The Morgan fingerprint density at radius 3 is 2.82 bits per heavy atom. The van der Waals surface area contributed by atoms with Gasteiger partial charge in [0, 0.05) is 0 Å². The molecule has 0 amide bonds. The Bertz CT molecular complexity index is 375. The number of hydrogen-bond donors (Lipinski definition) is 0. The smallest absolute Gasteiger partial charge is 0.369 e. The van der Waals surface area contributed by atoms with Crippen LogP contribution in [0.2, 0.25) is 0 Å². The fraction of sp³-hybridized carbons (Fsp3) is 0.727. The normalized spacial score (nSPS) is 16.8. The Labute approximate surface area is 104 Å². The van der Waals surface area contributed by atoms with Crippen LogP contribution in [0.1, 0.15) is 48.8 Å². The van der Waals surface area contributed by atoms with Gasteiger partial charge in [0.1, 0.15) is 6.10 Å². The molecule has 1 heterocycles. The number of esters is 1. The molecule has 1 aromatic rings. The molecule has 17 heavy (non-hydrogen) atoms. The first-order valence-electron chi connectivity index (χ1n) is 5.97. The average Bonchev–Trinajstić information content (AvgIpc) is 2.79. The van der Waals surface area contributed by atoms with Crippen molar-refractivity contribution in [2.45, 2.75) is 45.1 Å².